The van der Waals surface area contributed by atoms with Crippen molar-refractivity contribution < 1.29 is 0 Å². The fraction of sp³-hybridized carbons (Fsp3) is 0.750. The van der Waals surface area contributed by atoms with E-state index in [1.165, 1.54) is 5.69 Å². The summed E-state index contributed by atoms with van der Waals surface area (Å²) in [5.74, 6) is 1.09. The van der Waals surface area contributed by atoms with Gasteiger partial charge in [0.2, 0.25) is 0 Å². The van der Waals surface area contributed by atoms with E-state index in [9.17, 15) is 0 Å². The molecule has 3 nitrogen and oxygen atoms in total. The van der Waals surface area contributed by atoms with Gasteiger partial charge in [-0.1, -0.05) is 32.4 Å². The number of imidazole rings is 1. The van der Waals surface area contributed by atoms with Crippen LogP contribution < -0.4 is 5.73 Å². The average Bonchev–Trinajstić information content (AvgIpc) is 2.40. The predicted molar refractivity (Wildman–Crippen MR) is 66.7 cm³/mol. The summed E-state index contributed by atoms with van der Waals surface area (Å²) in [7, 11) is 0. The van der Waals surface area contributed by atoms with Crippen LogP contribution in [0.15, 0.2) is 0 Å². The highest BCUT2D eigenvalue weighted by molar-refractivity contribution is 6.30. The Balaban J connectivity index is 2.33. The Hall–Kier alpha value is -0.540. The second kappa shape index (κ2) is 4.04. The molecule has 1 unspecified atom stereocenters. The van der Waals surface area contributed by atoms with Gasteiger partial charge in [0.15, 0.2) is 5.15 Å². The number of nitrogens with two attached hydrogens (primary N) is 1. The molecule has 1 aromatic heterocycles. The molecule has 0 aromatic carbocycles. The lowest BCUT2D eigenvalue weighted by molar-refractivity contribution is 0.375. The molecule has 1 atom stereocenters. The Bertz CT molecular complexity index is 390. The van der Waals surface area contributed by atoms with E-state index in [0.29, 0.717) is 5.15 Å². The highest BCUT2D eigenvalue weighted by Crippen LogP contribution is 2.28. The second-order valence-corrected chi connectivity index (χ2v) is 6.27. The second-order valence-electron chi connectivity index (χ2n) is 5.91. The lowest BCUT2D eigenvalue weighted by Gasteiger charge is -2.24. The molecule has 2 rings (SSSR count). The Kier molecular flexibility index (Phi) is 3.01. The van der Waals surface area contributed by atoms with Crippen LogP contribution in [0.5, 0.6) is 0 Å². The van der Waals surface area contributed by atoms with E-state index in [4.69, 9.17) is 17.3 Å². The summed E-state index contributed by atoms with van der Waals surface area (Å²) < 4.78 is 2.22. The molecule has 0 amide bonds. The molecule has 1 aliphatic heterocycles. The van der Waals surface area contributed by atoms with Gasteiger partial charge in [0.1, 0.15) is 5.82 Å². The topological polar surface area (TPSA) is 43.8 Å². The van der Waals surface area contributed by atoms with Crippen LogP contribution in [0, 0.1) is 5.41 Å². The molecule has 0 fully saturated rings. The summed E-state index contributed by atoms with van der Waals surface area (Å²) in [6.45, 7) is 7.50. The van der Waals surface area contributed by atoms with Gasteiger partial charge in [0.05, 0.1) is 5.69 Å². The zero-order valence-corrected chi connectivity index (χ0v) is 11.0. The number of rotatable bonds is 1. The molecule has 4 heteroatoms. The van der Waals surface area contributed by atoms with Crippen molar-refractivity contribution in [3.8, 4) is 0 Å². The van der Waals surface area contributed by atoms with Crippen LogP contribution in [-0.4, -0.2) is 15.6 Å². The van der Waals surface area contributed by atoms with Gasteiger partial charge in [-0.25, -0.2) is 4.98 Å². The van der Waals surface area contributed by atoms with Gasteiger partial charge < -0.3 is 10.3 Å². The van der Waals surface area contributed by atoms with E-state index in [2.05, 4.69) is 30.3 Å². The first kappa shape index (κ1) is 11.9. The monoisotopic (exact) mass is 241 g/mol. The normalized spacial score (nSPS) is 20.9. The molecule has 0 saturated heterocycles. The molecule has 0 saturated carbocycles. The van der Waals surface area contributed by atoms with Gasteiger partial charge in [0, 0.05) is 19.0 Å². The fourth-order valence-corrected chi connectivity index (χ4v) is 2.51. The maximum atomic E-state index is 6.17. The minimum absolute atomic E-state index is 0.229. The van der Waals surface area contributed by atoms with E-state index in [1.807, 2.05) is 0 Å². The van der Waals surface area contributed by atoms with E-state index in [0.717, 1.165) is 31.6 Å². The number of fused-ring (bicyclic) bond motifs is 1. The smallest absolute Gasteiger partial charge is 0.150 e. The van der Waals surface area contributed by atoms with Crippen molar-refractivity contribution in [3.63, 3.8) is 0 Å². The minimum atomic E-state index is 0.229. The van der Waals surface area contributed by atoms with Gasteiger partial charge in [-0.15, -0.1) is 0 Å². The molecule has 0 bridgehead atoms. The zero-order valence-electron chi connectivity index (χ0n) is 10.3. The molecule has 90 valence electrons. The van der Waals surface area contributed by atoms with E-state index in [-0.39, 0.29) is 11.5 Å². The van der Waals surface area contributed by atoms with E-state index < -0.39 is 0 Å². The number of halogens is 1. The summed E-state index contributed by atoms with van der Waals surface area (Å²) in [5.41, 5.74) is 7.40. The van der Waals surface area contributed by atoms with Crippen molar-refractivity contribution in [1.82, 2.24) is 9.55 Å². The average molecular weight is 242 g/mol. The SMILES string of the molecule is CC(C)(C)Cc1nc(Cl)c2n1CC(N)CC2. The van der Waals surface area contributed by atoms with Crippen LogP contribution >= 0.6 is 11.6 Å². The van der Waals surface area contributed by atoms with Crippen molar-refractivity contribution in [3.05, 3.63) is 16.7 Å². The highest BCUT2D eigenvalue weighted by atomic mass is 35.5. The van der Waals surface area contributed by atoms with Gasteiger partial charge in [0.25, 0.3) is 0 Å². The van der Waals surface area contributed by atoms with Crippen molar-refractivity contribution in [1.29, 1.82) is 0 Å². The molecule has 0 aliphatic carbocycles. The summed E-state index contributed by atoms with van der Waals surface area (Å²) in [4.78, 5) is 4.48. The Morgan fingerprint density at radius 2 is 2.19 bits per heavy atom. The van der Waals surface area contributed by atoms with Gasteiger partial charge in [-0.05, 0) is 18.3 Å². The molecular formula is C12H20ClN3. The van der Waals surface area contributed by atoms with Gasteiger partial charge in [-0.3, -0.25) is 0 Å². The van der Waals surface area contributed by atoms with Crippen LogP contribution in [-0.2, 0) is 19.4 Å². The maximum Gasteiger partial charge on any atom is 0.150 e. The third-order valence-corrected chi connectivity index (χ3v) is 3.26. The van der Waals surface area contributed by atoms with Crippen LogP contribution in [0.3, 0.4) is 0 Å². The van der Waals surface area contributed by atoms with E-state index in [1.54, 1.807) is 0 Å². The minimum Gasteiger partial charge on any atom is -0.329 e. The Morgan fingerprint density at radius 1 is 1.50 bits per heavy atom. The number of nitrogens with zero attached hydrogens (tertiary/aromatic N) is 2. The molecule has 0 radical (unpaired) electrons. The van der Waals surface area contributed by atoms with E-state index >= 15 is 0 Å². The first-order valence-corrected chi connectivity index (χ1v) is 6.24. The number of hydrogen-bond acceptors (Lipinski definition) is 2. The summed E-state index contributed by atoms with van der Waals surface area (Å²) >= 11 is 6.17. The third kappa shape index (κ3) is 2.41. The molecular weight excluding hydrogens is 222 g/mol. The molecule has 2 N–H and O–H groups in total. The Morgan fingerprint density at radius 3 is 2.81 bits per heavy atom. The maximum absolute atomic E-state index is 6.17. The molecule has 2 heterocycles. The van der Waals surface area contributed by atoms with Crippen molar-refractivity contribution >= 4 is 11.6 Å². The van der Waals surface area contributed by atoms with Crippen molar-refractivity contribution in [2.75, 3.05) is 0 Å². The summed E-state index contributed by atoms with van der Waals surface area (Å²) in [6.07, 6.45) is 2.91. The third-order valence-electron chi connectivity index (χ3n) is 2.96. The first-order valence-electron chi connectivity index (χ1n) is 5.86. The molecule has 1 aliphatic rings. The first-order chi connectivity index (χ1) is 7.37. The lowest BCUT2D eigenvalue weighted by Crippen LogP contribution is -2.33. The van der Waals surface area contributed by atoms with Crippen molar-refractivity contribution in [2.45, 2.75) is 52.6 Å². The Labute approximate surface area is 102 Å². The lowest BCUT2D eigenvalue weighted by atomic mass is 9.92. The molecule has 1 aromatic rings. The highest BCUT2D eigenvalue weighted by Gasteiger charge is 2.24. The van der Waals surface area contributed by atoms with Crippen LogP contribution in [0.25, 0.3) is 0 Å². The van der Waals surface area contributed by atoms with Crippen LogP contribution in [0.2, 0.25) is 5.15 Å². The summed E-state index contributed by atoms with van der Waals surface area (Å²) in [6, 6.07) is 0.247. The van der Waals surface area contributed by atoms with Crippen LogP contribution in [0.4, 0.5) is 0 Å². The zero-order chi connectivity index (χ0) is 11.9. The molecule has 16 heavy (non-hydrogen) atoms. The number of hydrogen-bond donors (Lipinski definition) is 1. The van der Waals surface area contributed by atoms with Crippen LogP contribution in [0.1, 0.15) is 38.7 Å². The van der Waals surface area contributed by atoms with Gasteiger partial charge in [-0.2, -0.15) is 0 Å². The number of aromatic nitrogens is 2. The largest absolute Gasteiger partial charge is 0.329 e. The standard InChI is InChI=1S/C12H20ClN3/c1-12(2,3)6-10-15-11(13)9-5-4-8(14)7-16(9)10/h8H,4-7,14H2,1-3H3. The van der Waals surface area contributed by atoms with Gasteiger partial charge >= 0.3 is 0 Å². The molecule has 0 spiro atoms. The van der Waals surface area contributed by atoms with Crippen molar-refractivity contribution in [2.24, 2.45) is 11.1 Å². The fourth-order valence-electron chi connectivity index (χ4n) is 2.22. The predicted octanol–water partition coefficient (Wildman–Crippen LogP) is 2.40. The quantitative estimate of drug-likeness (QED) is 0.821. The summed E-state index contributed by atoms with van der Waals surface area (Å²) in [5, 5.41) is 0.672.